The SMILES string of the molecule is O=c1c(NCCc2ccccc2)nc2ccncc2n1Cc1ccccc1. The van der Waals surface area contributed by atoms with Crippen molar-refractivity contribution in [3.05, 3.63) is 101 Å². The summed E-state index contributed by atoms with van der Waals surface area (Å²) in [5.41, 5.74) is 3.64. The highest BCUT2D eigenvalue weighted by Gasteiger charge is 2.11. The van der Waals surface area contributed by atoms with Crippen LogP contribution in [0.15, 0.2) is 83.9 Å². The van der Waals surface area contributed by atoms with Gasteiger partial charge in [0.1, 0.15) is 0 Å². The van der Waals surface area contributed by atoms with Gasteiger partial charge in [0, 0.05) is 12.7 Å². The molecule has 2 heterocycles. The number of hydrogen-bond acceptors (Lipinski definition) is 4. The smallest absolute Gasteiger partial charge is 0.294 e. The van der Waals surface area contributed by atoms with Crippen molar-refractivity contribution in [1.82, 2.24) is 14.5 Å². The summed E-state index contributed by atoms with van der Waals surface area (Å²) in [6.45, 7) is 1.13. The Balaban J connectivity index is 1.65. The summed E-state index contributed by atoms with van der Waals surface area (Å²) in [5.74, 6) is 0.376. The fraction of sp³-hybridized carbons (Fsp3) is 0.136. The third-order valence-corrected chi connectivity index (χ3v) is 4.48. The summed E-state index contributed by atoms with van der Waals surface area (Å²) >= 11 is 0. The van der Waals surface area contributed by atoms with Gasteiger partial charge in [0.05, 0.1) is 23.8 Å². The Morgan fingerprint density at radius 1 is 0.889 bits per heavy atom. The molecule has 0 saturated heterocycles. The molecule has 134 valence electrons. The van der Waals surface area contributed by atoms with Crippen LogP contribution in [0, 0.1) is 0 Å². The van der Waals surface area contributed by atoms with Gasteiger partial charge in [0.25, 0.3) is 5.56 Å². The summed E-state index contributed by atoms with van der Waals surface area (Å²) in [6.07, 6.45) is 4.22. The fourth-order valence-electron chi connectivity index (χ4n) is 3.09. The molecule has 0 bridgehead atoms. The van der Waals surface area contributed by atoms with Crippen LogP contribution >= 0.6 is 0 Å². The first-order valence-corrected chi connectivity index (χ1v) is 8.97. The molecule has 4 rings (SSSR count). The van der Waals surface area contributed by atoms with Gasteiger partial charge in [-0.1, -0.05) is 60.7 Å². The number of nitrogens with zero attached hydrogens (tertiary/aromatic N) is 3. The van der Waals surface area contributed by atoms with E-state index in [9.17, 15) is 4.79 Å². The molecule has 4 aromatic rings. The van der Waals surface area contributed by atoms with E-state index in [1.54, 1.807) is 17.0 Å². The summed E-state index contributed by atoms with van der Waals surface area (Å²) in [5, 5.41) is 3.21. The molecule has 0 aliphatic rings. The van der Waals surface area contributed by atoms with E-state index in [1.807, 2.05) is 54.6 Å². The van der Waals surface area contributed by atoms with Crippen molar-refractivity contribution < 1.29 is 0 Å². The monoisotopic (exact) mass is 356 g/mol. The molecular weight excluding hydrogens is 336 g/mol. The first-order valence-electron chi connectivity index (χ1n) is 8.97. The summed E-state index contributed by atoms with van der Waals surface area (Å²) in [6, 6.07) is 22.0. The highest BCUT2D eigenvalue weighted by atomic mass is 16.1. The van der Waals surface area contributed by atoms with Crippen molar-refractivity contribution in [1.29, 1.82) is 0 Å². The minimum Gasteiger partial charge on any atom is -0.365 e. The zero-order valence-electron chi connectivity index (χ0n) is 14.9. The van der Waals surface area contributed by atoms with Crippen molar-refractivity contribution in [2.45, 2.75) is 13.0 Å². The predicted octanol–water partition coefficient (Wildman–Crippen LogP) is 3.49. The third kappa shape index (κ3) is 3.87. The van der Waals surface area contributed by atoms with E-state index >= 15 is 0 Å². The number of benzene rings is 2. The molecule has 0 saturated carbocycles. The van der Waals surface area contributed by atoms with Crippen LogP contribution in [0.25, 0.3) is 11.0 Å². The van der Waals surface area contributed by atoms with E-state index in [0.29, 0.717) is 18.9 Å². The first kappa shape index (κ1) is 17.0. The summed E-state index contributed by atoms with van der Waals surface area (Å²) in [4.78, 5) is 21.7. The minimum absolute atomic E-state index is 0.132. The second-order valence-corrected chi connectivity index (χ2v) is 6.36. The summed E-state index contributed by atoms with van der Waals surface area (Å²) < 4.78 is 1.73. The Morgan fingerprint density at radius 3 is 2.33 bits per heavy atom. The molecular formula is C22H20N4O. The van der Waals surface area contributed by atoms with Crippen LogP contribution in [0.1, 0.15) is 11.1 Å². The Hall–Kier alpha value is -3.47. The average Bonchev–Trinajstić information content (AvgIpc) is 2.72. The molecule has 0 atom stereocenters. The Bertz CT molecular complexity index is 1090. The maximum absolute atomic E-state index is 13.0. The van der Waals surface area contributed by atoms with Gasteiger partial charge in [0.15, 0.2) is 5.82 Å². The molecule has 27 heavy (non-hydrogen) atoms. The number of hydrogen-bond donors (Lipinski definition) is 1. The molecule has 0 amide bonds. The molecule has 0 spiro atoms. The third-order valence-electron chi connectivity index (χ3n) is 4.48. The van der Waals surface area contributed by atoms with Gasteiger partial charge in [0.2, 0.25) is 0 Å². The second kappa shape index (κ2) is 7.83. The second-order valence-electron chi connectivity index (χ2n) is 6.36. The molecule has 2 aromatic heterocycles. The van der Waals surface area contributed by atoms with Crippen LogP contribution in [-0.2, 0) is 13.0 Å². The lowest BCUT2D eigenvalue weighted by Crippen LogP contribution is -2.26. The van der Waals surface area contributed by atoms with E-state index in [-0.39, 0.29) is 5.56 Å². The highest BCUT2D eigenvalue weighted by molar-refractivity contribution is 5.75. The van der Waals surface area contributed by atoms with Crippen LogP contribution < -0.4 is 10.9 Å². The number of pyridine rings is 1. The highest BCUT2D eigenvalue weighted by Crippen LogP contribution is 2.13. The fourth-order valence-corrected chi connectivity index (χ4v) is 3.09. The maximum Gasteiger partial charge on any atom is 0.294 e. The standard InChI is InChI=1S/C22H20N4O/c27-22-21(24-14-11-17-7-3-1-4-8-17)25-19-12-13-23-15-20(19)26(22)16-18-9-5-2-6-10-18/h1-10,12-13,15H,11,14,16H2,(H,24,25). The van der Waals surface area contributed by atoms with Crippen LogP contribution in [0.5, 0.6) is 0 Å². The van der Waals surface area contributed by atoms with Gasteiger partial charge >= 0.3 is 0 Å². The zero-order chi connectivity index (χ0) is 18.5. The van der Waals surface area contributed by atoms with Gasteiger partial charge in [-0.3, -0.25) is 14.3 Å². The molecule has 2 aromatic carbocycles. The van der Waals surface area contributed by atoms with E-state index < -0.39 is 0 Å². The molecule has 0 aliphatic heterocycles. The van der Waals surface area contributed by atoms with Gasteiger partial charge in [-0.15, -0.1) is 0 Å². The van der Waals surface area contributed by atoms with Gasteiger partial charge in [-0.25, -0.2) is 4.98 Å². The zero-order valence-corrected chi connectivity index (χ0v) is 14.9. The Morgan fingerprint density at radius 2 is 1.59 bits per heavy atom. The van der Waals surface area contributed by atoms with Crippen molar-refractivity contribution in [2.75, 3.05) is 11.9 Å². The average molecular weight is 356 g/mol. The first-order chi connectivity index (χ1) is 13.3. The number of nitrogens with one attached hydrogen (secondary N) is 1. The Labute approximate surface area is 157 Å². The van der Waals surface area contributed by atoms with Gasteiger partial charge in [-0.2, -0.15) is 0 Å². The van der Waals surface area contributed by atoms with Crippen molar-refractivity contribution in [2.24, 2.45) is 0 Å². The Kier molecular flexibility index (Phi) is 4.92. The van der Waals surface area contributed by atoms with Crippen molar-refractivity contribution >= 4 is 16.9 Å². The normalized spacial score (nSPS) is 10.8. The number of fused-ring (bicyclic) bond motifs is 1. The van der Waals surface area contributed by atoms with Crippen LogP contribution in [-0.4, -0.2) is 21.1 Å². The molecule has 0 radical (unpaired) electrons. The lowest BCUT2D eigenvalue weighted by atomic mass is 10.1. The molecule has 1 N–H and O–H groups in total. The lowest BCUT2D eigenvalue weighted by molar-refractivity contribution is 0.784. The van der Waals surface area contributed by atoms with E-state index in [0.717, 1.165) is 23.0 Å². The maximum atomic E-state index is 13.0. The number of anilines is 1. The predicted molar refractivity (Wildman–Crippen MR) is 108 cm³/mol. The molecule has 5 heteroatoms. The molecule has 0 fully saturated rings. The topological polar surface area (TPSA) is 59.8 Å². The van der Waals surface area contributed by atoms with E-state index in [2.05, 4.69) is 27.4 Å². The number of rotatable bonds is 6. The van der Waals surface area contributed by atoms with E-state index in [4.69, 9.17) is 0 Å². The largest absolute Gasteiger partial charge is 0.365 e. The van der Waals surface area contributed by atoms with Gasteiger partial charge < -0.3 is 5.32 Å². The van der Waals surface area contributed by atoms with Crippen molar-refractivity contribution in [3.8, 4) is 0 Å². The number of aromatic nitrogens is 3. The van der Waals surface area contributed by atoms with E-state index in [1.165, 1.54) is 5.56 Å². The quantitative estimate of drug-likeness (QED) is 0.574. The molecule has 0 aliphatic carbocycles. The molecule has 0 unspecified atom stereocenters. The molecule has 5 nitrogen and oxygen atoms in total. The van der Waals surface area contributed by atoms with Crippen LogP contribution in [0.4, 0.5) is 5.82 Å². The van der Waals surface area contributed by atoms with Crippen LogP contribution in [0.3, 0.4) is 0 Å². The van der Waals surface area contributed by atoms with Crippen LogP contribution in [0.2, 0.25) is 0 Å². The summed E-state index contributed by atoms with van der Waals surface area (Å²) in [7, 11) is 0. The van der Waals surface area contributed by atoms with Crippen molar-refractivity contribution in [3.63, 3.8) is 0 Å². The lowest BCUT2D eigenvalue weighted by Gasteiger charge is -2.13. The minimum atomic E-state index is -0.132. The van der Waals surface area contributed by atoms with Gasteiger partial charge in [-0.05, 0) is 23.6 Å².